The number of H-pyrrole nitrogens is 1. The van der Waals surface area contributed by atoms with Gasteiger partial charge in [-0.15, -0.1) is 0 Å². The Labute approximate surface area is 161 Å². The lowest BCUT2D eigenvalue weighted by molar-refractivity contribution is -0.142. The number of aromatic amines is 1. The number of imidazole rings is 1. The molecule has 6 nitrogen and oxygen atoms in total. The van der Waals surface area contributed by atoms with Crippen molar-refractivity contribution in [3.63, 3.8) is 0 Å². The molecule has 2 rings (SSSR count). The number of carbonyl (C=O) groups is 2. The minimum absolute atomic E-state index is 0.0766. The molecule has 0 aliphatic rings. The van der Waals surface area contributed by atoms with E-state index in [1.807, 2.05) is 0 Å². The first-order valence-electron chi connectivity index (χ1n) is 7.91. The first kappa shape index (κ1) is 20.3. The summed E-state index contributed by atoms with van der Waals surface area (Å²) >= 11 is 12.0. The van der Waals surface area contributed by atoms with Crippen molar-refractivity contribution in [1.82, 2.24) is 9.97 Å². The minimum Gasteiger partial charge on any atom is -0.469 e. The summed E-state index contributed by atoms with van der Waals surface area (Å²) in [7, 11) is 1.31. The van der Waals surface area contributed by atoms with Crippen molar-refractivity contribution >= 4 is 35.1 Å². The second-order valence-electron chi connectivity index (χ2n) is 6.70. The molecule has 8 heteroatoms. The Balaban J connectivity index is 2.23. The van der Waals surface area contributed by atoms with Gasteiger partial charge in [0, 0.05) is 12.6 Å². The topological polar surface area (TPSA) is 81.3 Å². The van der Waals surface area contributed by atoms with Gasteiger partial charge in [-0.1, -0.05) is 29.3 Å². The Morgan fingerprint density at radius 1 is 1.23 bits per heavy atom. The molecule has 26 heavy (non-hydrogen) atoms. The van der Waals surface area contributed by atoms with E-state index in [2.05, 4.69) is 9.97 Å². The van der Waals surface area contributed by atoms with Gasteiger partial charge in [0.05, 0.1) is 28.8 Å². The third-order valence-corrected chi connectivity index (χ3v) is 4.21. The number of hydrogen-bond donors (Lipinski definition) is 1. The highest BCUT2D eigenvalue weighted by molar-refractivity contribution is 6.42. The van der Waals surface area contributed by atoms with Gasteiger partial charge in [-0.05, 0) is 38.5 Å². The van der Waals surface area contributed by atoms with Gasteiger partial charge in [0.25, 0.3) is 0 Å². The Morgan fingerprint density at radius 3 is 2.50 bits per heavy atom. The number of halogens is 2. The number of methoxy groups -OCH3 is 1. The molecule has 1 aromatic heterocycles. The molecule has 2 aromatic rings. The number of benzene rings is 1. The highest BCUT2D eigenvalue weighted by atomic mass is 35.5. The maximum Gasteiger partial charge on any atom is 0.374 e. The molecule has 1 N–H and O–H groups in total. The predicted molar refractivity (Wildman–Crippen MR) is 98.7 cm³/mol. The number of carbonyl (C=O) groups excluding carboxylic acids is 2. The molecule has 0 aliphatic heterocycles. The lowest BCUT2D eigenvalue weighted by atomic mass is 9.94. The fraction of sp³-hybridized carbons (Fsp3) is 0.389. The van der Waals surface area contributed by atoms with Crippen LogP contribution in [0.2, 0.25) is 10.0 Å². The lowest BCUT2D eigenvalue weighted by Gasteiger charge is -2.18. The van der Waals surface area contributed by atoms with E-state index in [0.717, 1.165) is 0 Å². The van der Waals surface area contributed by atoms with Crippen molar-refractivity contribution in [2.24, 2.45) is 0 Å². The Morgan fingerprint density at radius 2 is 1.92 bits per heavy atom. The summed E-state index contributed by atoms with van der Waals surface area (Å²) in [6, 6.07) is 4.94. The number of nitrogens with zero attached hydrogens (tertiary/aromatic N) is 1. The summed E-state index contributed by atoms with van der Waals surface area (Å²) in [5.74, 6) is -1.56. The molecule has 1 heterocycles. The highest BCUT2D eigenvalue weighted by Crippen LogP contribution is 2.29. The molecule has 1 atom stereocenters. The van der Waals surface area contributed by atoms with Crippen LogP contribution < -0.4 is 0 Å². The standard InChI is InChI=1S/C18H20Cl2N2O4/c1-18(2,3)26-17(24)15-21-9-11(22-15)8-12(16(23)25-4)10-5-6-13(19)14(20)7-10/h5-7,9,12H,8H2,1-4H3,(H,21,22). The van der Waals surface area contributed by atoms with Crippen molar-refractivity contribution in [3.8, 4) is 0 Å². The van der Waals surface area contributed by atoms with E-state index in [4.69, 9.17) is 32.7 Å². The van der Waals surface area contributed by atoms with E-state index in [1.54, 1.807) is 45.2 Å². The summed E-state index contributed by atoms with van der Waals surface area (Å²) in [4.78, 5) is 31.3. The largest absolute Gasteiger partial charge is 0.469 e. The molecule has 1 unspecified atom stereocenters. The zero-order chi connectivity index (χ0) is 19.5. The summed E-state index contributed by atoms with van der Waals surface area (Å²) in [5, 5.41) is 0.737. The first-order valence-corrected chi connectivity index (χ1v) is 8.66. The molecule has 0 radical (unpaired) electrons. The van der Waals surface area contributed by atoms with Gasteiger partial charge in [-0.3, -0.25) is 4.79 Å². The van der Waals surface area contributed by atoms with Crippen molar-refractivity contribution in [2.45, 2.75) is 38.7 Å². The third kappa shape index (κ3) is 5.22. The van der Waals surface area contributed by atoms with Crippen LogP contribution in [0, 0.1) is 0 Å². The van der Waals surface area contributed by atoms with Crippen molar-refractivity contribution in [1.29, 1.82) is 0 Å². The van der Waals surface area contributed by atoms with Crippen LogP contribution in [0.5, 0.6) is 0 Å². The number of hydrogen-bond acceptors (Lipinski definition) is 5. The van der Waals surface area contributed by atoms with E-state index in [9.17, 15) is 9.59 Å². The molecule has 0 aliphatic carbocycles. The van der Waals surface area contributed by atoms with E-state index < -0.39 is 23.5 Å². The molecule has 0 spiro atoms. The second-order valence-corrected chi connectivity index (χ2v) is 7.51. The average molecular weight is 399 g/mol. The molecule has 0 bridgehead atoms. The fourth-order valence-corrected chi connectivity index (χ4v) is 2.62. The third-order valence-electron chi connectivity index (χ3n) is 3.47. The molecule has 0 fully saturated rings. The second kappa shape index (κ2) is 8.10. The van der Waals surface area contributed by atoms with Crippen molar-refractivity contribution in [3.05, 3.63) is 51.5 Å². The van der Waals surface area contributed by atoms with Gasteiger partial charge in [0.15, 0.2) is 0 Å². The van der Waals surface area contributed by atoms with Crippen molar-refractivity contribution in [2.75, 3.05) is 7.11 Å². The van der Waals surface area contributed by atoms with Crippen LogP contribution in [0.15, 0.2) is 24.4 Å². The summed E-state index contributed by atoms with van der Waals surface area (Å²) in [6.45, 7) is 5.31. The van der Waals surface area contributed by atoms with E-state index in [-0.39, 0.29) is 12.2 Å². The summed E-state index contributed by atoms with van der Waals surface area (Å²) in [5.41, 5.74) is 0.541. The van der Waals surface area contributed by atoms with Gasteiger partial charge in [-0.2, -0.15) is 0 Å². The number of nitrogens with one attached hydrogen (secondary N) is 1. The van der Waals surface area contributed by atoms with Gasteiger partial charge < -0.3 is 14.5 Å². The van der Waals surface area contributed by atoms with Gasteiger partial charge in [-0.25, -0.2) is 9.78 Å². The molecule has 140 valence electrons. The fourth-order valence-electron chi connectivity index (χ4n) is 2.31. The first-order chi connectivity index (χ1) is 12.1. The smallest absolute Gasteiger partial charge is 0.374 e. The van der Waals surface area contributed by atoms with Crippen LogP contribution in [0.4, 0.5) is 0 Å². The Bertz CT molecular complexity index is 812. The Kier molecular flexibility index (Phi) is 6.31. The minimum atomic E-state index is -0.635. The van der Waals surface area contributed by atoms with E-state index >= 15 is 0 Å². The van der Waals surface area contributed by atoms with Gasteiger partial charge in [0.1, 0.15) is 5.60 Å². The summed E-state index contributed by atoms with van der Waals surface area (Å²) in [6.07, 6.45) is 1.79. The van der Waals surface area contributed by atoms with Crippen LogP contribution in [-0.2, 0) is 20.7 Å². The zero-order valence-corrected chi connectivity index (χ0v) is 16.4. The highest BCUT2D eigenvalue weighted by Gasteiger charge is 2.25. The normalized spacial score (nSPS) is 12.5. The maximum absolute atomic E-state index is 12.2. The lowest BCUT2D eigenvalue weighted by Crippen LogP contribution is -2.24. The molecule has 0 saturated heterocycles. The van der Waals surface area contributed by atoms with Crippen molar-refractivity contribution < 1.29 is 19.1 Å². The van der Waals surface area contributed by atoms with Crippen LogP contribution in [0.1, 0.15) is 48.6 Å². The van der Waals surface area contributed by atoms with E-state index in [1.165, 1.54) is 7.11 Å². The summed E-state index contributed by atoms with van der Waals surface area (Å²) < 4.78 is 10.2. The molecule has 0 amide bonds. The quantitative estimate of drug-likeness (QED) is 0.764. The molecular weight excluding hydrogens is 379 g/mol. The van der Waals surface area contributed by atoms with Crippen LogP contribution >= 0.6 is 23.2 Å². The van der Waals surface area contributed by atoms with Gasteiger partial charge in [0.2, 0.25) is 5.82 Å². The monoisotopic (exact) mass is 398 g/mol. The van der Waals surface area contributed by atoms with E-state index in [0.29, 0.717) is 21.3 Å². The number of esters is 2. The number of ether oxygens (including phenoxy) is 2. The molecule has 1 aromatic carbocycles. The predicted octanol–water partition coefficient (Wildman–Crippen LogP) is 4.17. The zero-order valence-electron chi connectivity index (χ0n) is 14.9. The van der Waals surface area contributed by atoms with Crippen LogP contribution in [0.25, 0.3) is 0 Å². The number of aromatic nitrogens is 2. The van der Waals surface area contributed by atoms with Crippen LogP contribution in [0.3, 0.4) is 0 Å². The molecule has 0 saturated carbocycles. The Hall–Kier alpha value is -2.05. The number of rotatable bonds is 5. The average Bonchev–Trinajstić information content (AvgIpc) is 3.02. The maximum atomic E-state index is 12.2. The van der Waals surface area contributed by atoms with Crippen LogP contribution in [-0.4, -0.2) is 34.6 Å². The van der Waals surface area contributed by atoms with Gasteiger partial charge >= 0.3 is 11.9 Å². The SMILES string of the molecule is COC(=O)C(Cc1c[nH]c(C(=O)OC(C)(C)C)n1)c1ccc(Cl)c(Cl)c1. The molecular formula is C18H20Cl2N2O4.